The number of nitrogens with zero attached hydrogens (tertiary/aromatic N) is 5. The van der Waals surface area contributed by atoms with Gasteiger partial charge in [0.25, 0.3) is 0 Å². The van der Waals surface area contributed by atoms with Crippen molar-refractivity contribution >= 4 is 35.8 Å². The molecule has 0 N–H and O–H groups in total. The molecular weight excluding hydrogens is 420 g/mol. The highest BCUT2D eigenvalue weighted by atomic mass is 35.5. The van der Waals surface area contributed by atoms with Crippen LogP contribution in [0.3, 0.4) is 0 Å². The first-order chi connectivity index (χ1) is 13.2. The lowest BCUT2D eigenvalue weighted by Crippen LogP contribution is -2.38. The van der Waals surface area contributed by atoms with E-state index in [2.05, 4.69) is 20.4 Å². The molecule has 1 aromatic heterocycles. The van der Waals surface area contributed by atoms with Crippen LogP contribution < -0.4 is 0 Å². The van der Waals surface area contributed by atoms with Crippen molar-refractivity contribution in [2.45, 2.75) is 12.6 Å². The van der Waals surface area contributed by atoms with E-state index in [1.54, 1.807) is 16.8 Å². The van der Waals surface area contributed by atoms with Gasteiger partial charge in [-0.05, 0) is 45.8 Å². The summed E-state index contributed by atoms with van der Waals surface area (Å²) in [6, 6.07) is 14.3. The summed E-state index contributed by atoms with van der Waals surface area (Å²) in [7, 11) is 0. The molecule has 0 amide bonds. The lowest BCUT2D eigenvalue weighted by Gasteiger charge is -2.33. The van der Waals surface area contributed by atoms with E-state index in [4.69, 9.17) is 11.6 Å². The first kappa shape index (κ1) is 21.0. The maximum Gasteiger partial charge on any atom is 0.173 e. The molecule has 1 atom stereocenters. The third kappa shape index (κ3) is 4.84. The Morgan fingerprint density at radius 2 is 1.71 bits per heavy atom. The van der Waals surface area contributed by atoms with Crippen LogP contribution in [0.2, 0.25) is 5.02 Å². The Morgan fingerprint density at radius 1 is 1.04 bits per heavy atom. The van der Waals surface area contributed by atoms with E-state index in [9.17, 15) is 4.39 Å². The molecule has 5 nitrogen and oxygen atoms in total. The molecule has 4 rings (SSSR count). The molecule has 1 saturated heterocycles. The molecule has 2 heterocycles. The summed E-state index contributed by atoms with van der Waals surface area (Å²) in [5.74, 6) is 2.71. The molecule has 1 aliphatic rings. The normalized spacial score (nSPS) is 15.8. The van der Waals surface area contributed by atoms with Crippen LogP contribution in [-0.2, 0) is 6.54 Å². The third-order valence-electron chi connectivity index (χ3n) is 4.65. The first-order valence-corrected chi connectivity index (χ1v) is 10.3. The zero-order valence-electron chi connectivity index (χ0n) is 15.0. The van der Waals surface area contributed by atoms with Crippen molar-refractivity contribution in [2.24, 2.45) is 0 Å². The highest BCUT2D eigenvalue weighted by molar-refractivity contribution is 7.99. The van der Waals surface area contributed by atoms with Gasteiger partial charge in [-0.25, -0.2) is 9.07 Å². The van der Waals surface area contributed by atoms with Crippen LogP contribution in [0.5, 0.6) is 0 Å². The minimum atomic E-state index is -0.249. The van der Waals surface area contributed by atoms with Gasteiger partial charge in [-0.3, -0.25) is 4.90 Å². The summed E-state index contributed by atoms with van der Waals surface area (Å²) >= 11 is 8.05. The molecule has 0 radical (unpaired) electrons. The third-order valence-corrected chi connectivity index (χ3v) is 5.84. The second kappa shape index (κ2) is 9.69. The molecule has 9 heteroatoms. The summed E-state index contributed by atoms with van der Waals surface area (Å²) in [5, 5.41) is 13.2. The maximum atomic E-state index is 13.2. The number of benzene rings is 2. The van der Waals surface area contributed by atoms with Gasteiger partial charge in [-0.1, -0.05) is 35.9 Å². The van der Waals surface area contributed by atoms with Gasteiger partial charge in [0, 0.05) is 29.6 Å². The molecule has 0 saturated carbocycles. The second-order valence-electron chi connectivity index (χ2n) is 6.42. The second-order valence-corrected chi connectivity index (χ2v) is 8.08. The van der Waals surface area contributed by atoms with E-state index >= 15 is 0 Å². The molecule has 1 aliphatic heterocycles. The van der Waals surface area contributed by atoms with Crippen molar-refractivity contribution < 1.29 is 4.39 Å². The standard InChI is InChI=1S/C19H19ClFN5S.ClH/c20-16-5-3-15(4-6-16)18(25-9-11-27-12-10-25)19-22-23-24-26(19)13-14-1-7-17(21)8-2-14;/h1-8,18H,9-13H2;1H. The van der Waals surface area contributed by atoms with Crippen molar-refractivity contribution in [2.75, 3.05) is 24.6 Å². The predicted octanol–water partition coefficient (Wildman–Crippen LogP) is 4.07. The number of rotatable bonds is 5. The minimum absolute atomic E-state index is 0. The average molecular weight is 440 g/mol. The molecular formula is C19H20Cl2FN5S. The molecule has 148 valence electrons. The Labute approximate surface area is 178 Å². The summed E-state index contributed by atoms with van der Waals surface area (Å²) in [6.45, 7) is 2.44. The quantitative estimate of drug-likeness (QED) is 0.599. The SMILES string of the molecule is Cl.Fc1ccc(Cn2nnnc2C(c2ccc(Cl)cc2)N2CCSCC2)cc1. The van der Waals surface area contributed by atoms with E-state index in [1.165, 1.54) is 12.1 Å². The minimum Gasteiger partial charge on any atom is -0.288 e. The fourth-order valence-corrected chi connectivity index (χ4v) is 4.34. The van der Waals surface area contributed by atoms with Crippen LogP contribution in [-0.4, -0.2) is 49.7 Å². The van der Waals surface area contributed by atoms with Crippen molar-refractivity contribution in [3.8, 4) is 0 Å². The van der Waals surface area contributed by atoms with Gasteiger partial charge in [-0.15, -0.1) is 17.5 Å². The van der Waals surface area contributed by atoms with Gasteiger partial charge >= 0.3 is 0 Å². The number of thioether (sulfide) groups is 1. The molecule has 0 spiro atoms. The van der Waals surface area contributed by atoms with E-state index in [1.807, 2.05) is 36.0 Å². The lowest BCUT2D eigenvalue weighted by atomic mass is 10.0. The van der Waals surface area contributed by atoms with Crippen LogP contribution >= 0.6 is 35.8 Å². The van der Waals surface area contributed by atoms with Crippen molar-refractivity contribution in [3.63, 3.8) is 0 Å². The zero-order chi connectivity index (χ0) is 18.6. The Kier molecular flexibility index (Phi) is 7.29. The van der Waals surface area contributed by atoms with E-state index in [0.29, 0.717) is 11.6 Å². The Bertz CT molecular complexity index is 882. The monoisotopic (exact) mass is 439 g/mol. The summed E-state index contributed by atoms with van der Waals surface area (Å²) in [6.07, 6.45) is 0. The van der Waals surface area contributed by atoms with Gasteiger partial charge in [0.15, 0.2) is 5.82 Å². The molecule has 1 unspecified atom stereocenters. The molecule has 1 fully saturated rings. The highest BCUT2D eigenvalue weighted by Crippen LogP contribution is 2.30. The number of tetrazole rings is 1. The maximum absolute atomic E-state index is 13.2. The predicted molar refractivity (Wildman–Crippen MR) is 113 cm³/mol. The number of hydrogen-bond acceptors (Lipinski definition) is 5. The van der Waals surface area contributed by atoms with Crippen molar-refractivity contribution in [1.82, 2.24) is 25.1 Å². The zero-order valence-corrected chi connectivity index (χ0v) is 17.4. The van der Waals surface area contributed by atoms with Crippen LogP contribution in [0.1, 0.15) is 23.0 Å². The molecule has 3 aromatic rings. The molecule has 28 heavy (non-hydrogen) atoms. The largest absolute Gasteiger partial charge is 0.288 e. The first-order valence-electron chi connectivity index (χ1n) is 8.78. The fourth-order valence-electron chi connectivity index (χ4n) is 3.29. The molecule has 2 aromatic carbocycles. The summed E-state index contributed by atoms with van der Waals surface area (Å²) < 4.78 is 15.0. The van der Waals surface area contributed by atoms with Crippen LogP contribution in [0.25, 0.3) is 0 Å². The van der Waals surface area contributed by atoms with Gasteiger partial charge < -0.3 is 0 Å². The van der Waals surface area contributed by atoms with Gasteiger partial charge in [-0.2, -0.15) is 11.8 Å². The van der Waals surface area contributed by atoms with Crippen LogP contribution in [0.4, 0.5) is 4.39 Å². The lowest BCUT2D eigenvalue weighted by molar-refractivity contribution is 0.235. The van der Waals surface area contributed by atoms with Gasteiger partial charge in [0.2, 0.25) is 0 Å². The Balaban J connectivity index is 0.00000225. The fraction of sp³-hybridized carbons (Fsp3) is 0.316. The number of hydrogen-bond donors (Lipinski definition) is 0. The average Bonchev–Trinajstić information content (AvgIpc) is 3.14. The van der Waals surface area contributed by atoms with E-state index < -0.39 is 0 Å². The van der Waals surface area contributed by atoms with E-state index in [-0.39, 0.29) is 24.3 Å². The number of aromatic nitrogens is 4. The number of halogens is 3. The van der Waals surface area contributed by atoms with Crippen LogP contribution in [0, 0.1) is 5.82 Å². The van der Waals surface area contributed by atoms with Crippen LogP contribution in [0.15, 0.2) is 48.5 Å². The Hall–Kier alpha value is -1.67. The van der Waals surface area contributed by atoms with Crippen molar-refractivity contribution in [3.05, 3.63) is 76.3 Å². The topological polar surface area (TPSA) is 46.8 Å². The van der Waals surface area contributed by atoms with E-state index in [0.717, 1.165) is 41.5 Å². The van der Waals surface area contributed by atoms with Gasteiger partial charge in [0.1, 0.15) is 5.82 Å². The summed E-state index contributed by atoms with van der Waals surface area (Å²) in [4.78, 5) is 2.41. The van der Waals surface area contributed by atoms with Gasteiger partial charge in [0.05, 0.1) is 12.6 Å². The highest BCUT2D eigenvalue weighted by Gasteiger charge is 2.29. The molecule has 0 bridgehead atoms. The molecule has 0 aliphatic carbocycles. The summed E-state index contributed by atoms with van der Waals surface area (Å²) in [5.41, 5.74) is 2.07. The Morgan fingerprint density at radius 3 is 2.39 bits per heavy atom. The van der Waals surface area contributed by atoms with Crippen molar-refractivity contribution in [1.29, 1.82) is 0 Å². The smallest absolute Gasteiger partial charge is 0.173 e.